The minimum absolute atomic E-state index is 0.00202. The van der Waals surface area contributed by atoms with Gasteiger partial charge < -0.3 is 14.6 Å². The number of hydrogen-bond acceptors (Lipinski definition) is 5. The van der Waals surface area contributed by atoms with Gasteiger partial charge in [-0.1, -0.05) is 6.92 Å². The largest absolute Gasteiger partial charge is 0.497 e. The molecule has 0 aliphatic rings. The van der Waals surface area contributed by atoms with Crippen LogP contribution < -0.4 is 10.1 Å². The lowest BCUT2D eigenvalue weighted by Gasteiger charge is -2.15. The molecule has 0 radical (unpaired) electrons. The van der Waals surface area contributed by atoms with Gasteiger partial charge in [0.15, 0.2) is 10.6 Å². The van der Waals surface area contributed by atoms with Crippen molar-refractivity contribution in [1.29, 1.82) is 0 Å². The standard InChI is InChI=1S/C17H25N5O2S/c1-5-10-18-15(23)11-20(2)12-22-17(25)21(3)16(19-22)13-6-8-14(24-4)9-7-13/h6-9H,5,10-12H2,1-4H3,(H,18,23). The quantitative estimate of drug-likeness (QED) is 0.727. The summed E-state index contributed by atoms with van der Waals surface area (Å²) < 4.78 is 9.38. The number of ether oxygens (including phenoxy) is 1. The minimum Gasteiger partial charge on any atom is -0.497 e. The monoisotopic (exact) mass is 363 g/mol. The topological polar surface area (TPSA) is 64.3 Å². The number of amides is 1. The molecule has 136 valence electrons. The summed E-state index contributed by atoms with van der Waals surface area (Å²) in [5.41, 5.74) is 0.955. The predicted molar refractivity (Wildman–Crippen MR) is 100.0 cm³/mol. The molecule has 1 heterocycles. The molecule has 1 N–H and O–H groups in total. The zero-order valence-corrected chi connectivity index (χ0v) is 16.0. The Kier molecular flexibility index (Phi) is 6.72. The molecular formula is C17H25N5O2S. The molecule has 8 heteroatoms. The molecule has 0 aliphatic carbocycles. The van der Waals surface area contributed by atoms with Crippen molar-refractivity contribution in [3.05, 3.63) is 29.0 Å². The van der Waals surface area contributed by atoms with Crippen molar-refractivity contribution in [3.63, 3.8) is 0 Å². The number of carbonyl (C=O) groups excluding carboxylic acids is 1. The van der Waals surface area contributed by atoms with E-state index in [0.717, 1.165) is 23.6 Å². The summed E-state index contributed by atoms with van der Waals surface area (Å²) in [4.78, 5) is 13.7. The van der Waals surface area contributed by atoms with E-state index in [-0.39, 0.29) is 5.91 Å². The van der Waals surface area contributed by atoms with Gasteiger partial charge in [0, 0.05) is 19.2 Å². The molecule has 0 atom stereocenters. The molecule has 0 saturated heterocycles. The molecule has 0 aliphatic heterocycles. The van der Waals surface area contributed by atoms with E-state index < -0.39 is 0 Å². The van der Waals surface area contributed by atoms with Crippen LogP contribution in [-0.4, -0.2) is 52.4 Å². The number of methoxy groups -OCH3 is 1. The van der Waals surface area contributed by atoms with Gasteiger partial charge in [-0.15, -0.1) is 0 Å². The summed E-state index contributed by atoms with van der Waals surface area (Å²) in [6, 6.07) is 7.67. The van der Waals surface area contributed by atoms with E-state index in [9.17, 15) is 4.79 Å². The third-order valence-electron chi connectivity index (χ3n) is 3.75. The van der Waals surface area contributed by atoms with E-state index in [1.54, 1.807) is 11.8 Å². The Morgan fingerprint density at radius 2 is 2.04 bits per heavy atom. The van der Waals surface area contributed by atoms with Crippen LogP contribution in [0.15, 0.2) is 24.3 Å². The van der Waals surface area contributed by atoms with Crippen molar-refractivity contribution < 1.29 is 9.53 Å². The Morgan fingerprint density at radius 3 is 2.64 bits per heavy atom. The highest BCUT2D eigenvalue weighted by Crippen LogP contribution is 2.20. The van der Waals surface area contributed by atoms with Crippen LogP contribution >= 0.6 is 12.2 Å². The Morgan fingerprint density at radius 1 is 1.36 bits per heavy atom. The average Bonchev–Trinajstić information content (AvgIpc) is 2.88. The fourth-order valence-corrected chi connectivity index (χ4v) is 2.60. The Labute approximate surface area is 153 Å². The van der Waals surface area contributed by atoms with Gasteiger partial charge in [-0.25, -0.2) is 4.68 Å². The molecule has 1 amide bonds. The Bertz CT molecular complexity index is 766. The van der Waals surface area contributed by atoms with E-state index in [2.05, 4.69) is 10.4 Å². The van der Waals surface area contributed by atoms with Crippen LogP contribution in [0.5, 0.6) is 5.75 Å². The van der Waals surface area contributed by atoms with Crippen LogP contribution in [0.25, 0.3) is 11.4 Å². The fourth-order valence-electron chi connectivity index (χ4n) is 2.42. The van der Waals surface area contributed by atoms with Gasteiger partial charge in [0.05, 0.1) is 20.3 Å². The molecule has 2 aromatic rings. The molecule has 7 nitrogen and oxygen atoms in total. The first kappa shape index (κ1) is 19.1. The van der Waals surface area contributed by atoms with E-state index in [0.29, 0.717) is 24.5 Å². The van der Waals surface area contributed by atoms with Crippen LogP contribution in [-0.2, 0) is 18.5 Å². The number of aromatic nitrogens is 3. The van der Waals surface area contributed by atoms with Crippen LogP contribution in [0.2, 0.25) is 0 Å². The SMILES string of the molecule is CCCNC(=O)CN(C)Cn1nc(-c2ccc(OC)cc2)n(C)c1=S. The third-order valence-corrected chi connectivity index (χ3v) is 4.23. The highest BCUT2D eigenvalue weighted by Gasteiger charge is 2.13. The third kappa shape index (κ3) is 4.90. The molecular weight excluding hydrogens is 338 g/mol. The normalized spacial score (nSPS) is 10.9. The summed E-state index contributed by atoms with van der Waals surface area (Å²) in [6.07, 6.45) is 0.923. The van der Waals surface area contributed by atoms with Crippen molar-refractivity contribution in [3.8, 4) is 17.1 Å². The highest BCUT2D eigenvalue weighted by atomic mass is 32.1. The van der Waals surface area contributed by atoms with Crippen molar-refractivity contribution >= 4 is 18.1 Å². The van der Waals surface area contributed by atoms with Gasteiger partial charge in [0.2, 0.25) is 5.91 Å². The smallest absolute Gasteiger partial charge is 0.234 e. The first-order valence-electron chi connectivity index (χ1n) is 8.19. The maximum Gasteiger partial charge on any atom is 0.234 e. The molecule has 2 rings (SSSR count). The number of rotatable bonds is 8. The minimum atomic E-state index is 0.00202. The van der Waals surface area contributed by atoms with E-state index in [4.69, 9.17) is 17.0 Å². The maximum absolute atomic E-state index is 11.8. The second-order valence-corrected chi connectivity index (χ2v) is 6.26. The highest BCUT2D eigenvalue weighted by molar-refractivity contribution is 7.71. The van der Waals surface area contributed by atoms with E-state index >= 15 is 0 Å². The summed E-state index contributed by atoms with van der Waals surface area (Å²) >= 11 is 5.48. The van der Waals surface area contributed by atoms with Crippen LogP contribution in [0.1, 0.15) is 13.3 Å². The lowest BCUT2D eigenvalue weighted by Crippen LogP contribution is -2.36. The van der Waals surface area contributed by atoms with Crippen LogP contribution in [0.3, 0.4) is 0 Å². The summed E-state index contributed by atoms with van der Waals surface area (Å²) in [5, 5.41) is 7.47. The average molecular weight is 363 g/mol. The summed E-state index contributed by atoms with van der Waals surface area (Å²) in [5.74, 6) is 1.57. The zero-order chi connectivity index (χ0) is 18.4. The number of nitrogens with one attached hydrogen (secondary N) is 1. The van der Waals surface area contributed by atoms with Crippen molar-refractivity contribution in [2.24, 2.45) is 7.05 Å². The molecule has 0 bridgehead atoms. The van der Waals surface area contributed by atoms with E-state index in [1.807, 2.05) is 54.8 Å². The van der Waals surface area contributed by atoms with E-state index in [1.165, 1.54) is 0 Å². The number of benzene rings is 1. The number of nitrogens with zero attached hydrogens (tertiary/aromatic N) is 4. The maximum atomic E-state index is 11.8. The molecule has 1 aromatic carbocycles. The number of likely N-dealkylation sites (N-methyl/N-ethyl adjacent to an activating group) is 1. The van der Waals surface area contributed by atoms with Crippen molar-refractivity contribution in [1.82, 2.24) is 24.6 Å². The van der Waals surface area contributed by atoms with Crippen LogP contribution in [0, 0.1) is 4.77 Å². The lowest BCUT2D eigenvalue weighted by molar-refractivity contribution is -0.122. The van der Waals surface area contributed by atoms with Gasteiger partial charge in [-0.2, -0.15) is 5.10 Å². The number of hydrogen-bond donors (Lipinski definition) is 1. The Hall–Kier alpha value is -2.19. The first-order chi connectivity index (χ1) is 12.0. The molecule has 0 fully saturated rings. The fraction of sp³-hybridized carbons (Fsp3) is 0.471. The van der Waals surface area contributed by atoms with Gasteiger partial charge in [-0.3, -0.25) is 9.69 Å². The first-order valence-corrected chi connectivity index (χ1v) is 8.60. The molecule has 25 heavy (non-hydrogen) atoms. The van der Waals surface area contributed by atoms with Gasteiger partial charge in [-0.05, 0) is 50.0 Å². The Balaban J connectivity index is 2.12. The van der Waals surface area contributed by atoms with Gasteiger partial charge >= 0.3 is 0 Å². The second-order valence-electron chi connectivity index (χ2n) is 5.90. The lowest BCUT2D eigenvalue weighted by atomic mass is 10.2. The van der Waals surface area contributed by atoms with Gasteiger partial charge in [0.1, 0.15) is 5.75 Å². The van der Waals surface area contributed by atoms with Gasteiger partial charge in [0.25, 0.3) is 0 Å². The summed E-state index contributed by atoms with van der Waals surface area (Å²) in [7, 11) is 5.39. The molecule has 1 aromatic heterocycles. The number of carbonyl (C=O) groups is 1. The van der Waals surface area contributed by atoms with Crippen molar-refractivity contribution in [2.45, 2.75) is 20.0 Å². The molecule has 0 saturated carbocycles. The molecule has 0 unspecified atom stereocenters. The predicted octanol–water partition coefficient (Wildman–Crippen LogP) is 2.04. The summed E-state index contributed by atoms with van der Waals surface area (Å²) in [6.45, 7) is 3.47. The van der Waals surface area contributed by atoms with Crippen molar-refractivity contribution in [2.75, 3.05) is 27.2 Å². The zero-order valence-electron chi connectivity index (χ0n) is 15.2. The molecule has 0 spiro atoms. The second kappa shape index (κ2) is 8.77. The van der Waals surface area contributed by atoms with Crippen LogP contribution in [0.4, 0.5) is 0 Å².